The van der Waals surface area contributed by atoms with Crippen LogP contribution < -0.4 is 5.32 Å². The number of anilines is 1. The maximum absolute atomic E-state index is 14.2. The summed E-state index contributed by atoms with van der Waals surface area (Å²) in [5, 5.41) is 2.97. The predicted octanol–water partition coefficient (Wildman–Crippen LogP) is 4.36. The molecule has 1 heterocycles. The Morgan fingerprint density at radius 1 is 1.21 bits per heavy atom. The van der Waals surface area contributed by atoms with Crippen LogP contribution >= 0.6 is 27.5 Å². The first-order chi connectivity index (χ1) is 8.95. The van der Waals surface area contributed by atoms with Gasteiger partial charge in [-0.25, -0.2) is 14.4 Å². The molecule has 2 rings (SSSR count). The maximum Gasteiger partial charge on any atom is 0.152 e. The summed E-state index contributed by atoms with van der Waals surface area (Å²) in [5.41, 5.74) is 2.34. The highest BCUT2D eigenvalue weighted by Crippen LogP contribution is 2.34. The van der Waals surface area contributed by atoms with Gasteiger partial charge in [-0.1, -0.05) is 11.6 Å². The summed E-state index contributed by atoms with van der Waals surface area (Å²) in [7, 11) is 1.72. The number of aromatic nitrogens is 2. The molecule has 0 bridgehead atoms. The van der Waals surface area contributed by atoms with Crippen molar-refractivity contribution in [1.82, 2.24) is 9.97 Å². The van der Waals surface area contributed by atoms with Crippen molar-refractivity contribution >= 4 is 33.3 Å². The van der Waals surface area contributed by atoms with Crippen molar-refractivity contribution in [1.29, 1.82) is 0 Å². The molecule has 0 saturated heterocycles. The van der Waals surface area contributed by atoms with E-state index in [-0.39, 0.29) is 5.02 Å². The number of hydrogen-bond donors (Lipinski definition) is 1. The van der Waals surface area contributed by atoms with Crippen molar-refractivity contribution in [3.63, 3.8) is 0 Å². The first-order valence-corrected chi connectivity index (χ1v) is 6.79. The zero-order chi connectivity index (χ0) is 14.2. The molecule has 6 heteroatoms. The third-order valence-corrected chi connectivity index (χ3v) is 4.09. The number of nitrogens with zero attached hydrogens (tertiary/aromatic N) is 2. The van der Waals surface area contributed by atoms with Gasteiger partial charge in [-0.05, 0) is 41.9 Å². The summed E-state index contributed by atoms with van der Waals surface area (Å²) in [6.07, 6.45) is 0. The number of hydrogen-bond acceptors (Lipinski definition) is 3. The standard InChI is InChI=1S/C13H12BrClFN3/c1-6-7(2)19-13(17-3)12(18-6)8-4-5-9(14)10(15)11(8)16/h4-5H,1-3H3,(H,17,19). The van der Waals surface area contributed by atoms with Crippen LogP contribution in [0.3, 0.4) is 0 Å². The lowest BCUT2D eigenvalue weighted by atomic mass is 10.1. The first kappa shape index (κ1) is 14.2. The van der Waals surface area contributed by atoms with E-state index in [4.69, 9.17) is 11.6 Å². The molecule has 0 aliphatic heterocycles. The summed E-state index contributed by atoms with van der Waals surface area (Å²) < 4.78 is 14.8. The van der Waals surface area contributed by atoms with E-state index >= 15 is 0 Å². The van der Waals surface area contributed by atoms with Gasteiger partial charge >= 0.3 is 0 Å². The van der Waals surface area contributed by atoms with Gasteiger partial charge in [-0.15, -0.1) is 0 Å². The average molecular weight is 345 g/mol. The SMILES string of the molecule is CNc1nc(C)c(C)nc1-c1ccc(Br)c(Cl)c1F. The molecule has 0 radical (unpaired) electrons. The minimum absolute atomic E-state index is 0.0413. The molecule has 3 nitrogen and oxygen atoms in total. The molecule has 0 aliphatic rings. The molecule has 0 spiro atoms. The fraction of sp³-hybridized carbons (Fsp3) is 0.231. The Balaban J connectivity index is 2.72. The molecule has 1 aromatic heterocycles. The van der Waals surface area contributed by atoms with E-state index in [0.717, 1.165) is 11.4 Å². The molecule has 2 aromatic rings. The smallest absolute Gasteiger partial charge is 0.152 e. The monoisotopic (exact) mass is 343 g/mol. The van der Waals surface area contributed by atoms with Crippen LogP contribution in [0.4, 0.5) is 10.2 Å². The van der Waals surface area contributed by atoms with Crippen molar-refractivity contribution in [2.45, 2.75) is 13.8 Å². The van der Waals surface area contributed by atoms with Crippen molar-refractivity contribution in [2.75, 3.05) is 12.4 Å². The molecular weight excluding hydrogens is 333 g/mol. The number of aryl methyl sites for hydroxylation is 2. The Bertz CT molecular complexity index is 646. The Morgan fingerprint density at radius 3 is 2.47 bits per heavy atom. The van der Waals surface area contributed by atoms with Gasteiger partial charge in [0.2, 0.25) is 0 Å². The highest BCUT2D eigenvalue weighted by atomic mass is 79.9. The predicted molar refractivity (Wildman–Crippen MR) is 79.2 cm³/mol. The van der Waals surface area contributed by atoms with Gasteiger partial charge in [0, 0.05) is 17.1 Å². The molecule has 0 fully saturated rings. The minimum atomic E-state index is -0.509. The van der Waals surface area contributed by atoms with Gasteiger partial charge in [0.05, 0.1) is 16.4 Å². The van der Waals surface area contributed by atoms with Crippen LogP contribution in [0.5, 0.6) is 0 Å². The largest absolute Gasteiger partial charge is 0.371 e. The quantitative estimate of drug-likeness (QED) is 0.823. The molecule has 0 aliphatic carbocycles. The Hall–Kier alpha value is -1.20. The third-order valence-electron chi connectivity index (χ3n) is 2.83. The van der Waals surface area contributed by atoms with E-state index in [9.17, 15) is 4.39 Å². The zero-order valence-electron chi connectivity index (χ0n) is 10.7. The molecular formula is C13H12BrClFN3. The Kier molecular flexibility index (Phi) is 4.06. The van der Waals surface area contributed by atoms with Crippen molar-refractivity contribution < 1.29 is 4.39 Å². The Morgan fingerprint density at radius 2 is 1.84 bits per heavy atom. The van der Waals surface area contributed by atoms with Gasteiger partial charge in [-0.2, -0.15) is 0 Å². The van der Waals surface area contributed by atoms with Gasteiger partial charge in [-0.3, -0.25) is 0 Å². The van der Waals surface area contributed by atoms with Gasteiger partial charge in [0.15, 0.2) is 11.6 Å². The normalized spacial score (nSPS) is 10.6. The highest BCUT2D eigenvalue weighted by Gasteiger charge is 2.17. The van der Waals surface area contributed by atoms with E-state index in [0.29, 0.717) is 21.5 Å². The topological polar surface area (TPSA) is 37.8 Å². The van der Waals surface area contributed by atoms with E-state index in [1.807, 2.05) is 13.8 Å². The van der Waals surface area contributed by atoms with Crippen LogP contribution in [0.15, 0.2) is 16.6 Å². The summed E-state index contributed by atoms with van der Waals surface area (Å²) in [6.45, 7) is 3.70. The average Bonchev–Trinajstić information content (AvgIpc) is 2.39. The zero-order valence-corrected chi connectivity index (χ0v) is 13.0. The lowest BCUT2D eigenvalue weighted by Crippen LogP contribution is -2.04. The fourth-order valence-corrected chi connectivity index (χ4v) is 2.15. The number of benzene rings is 1. The van der Waals surface area contributed by atoms with Crippen LogP contribution in [-0.2, 0) is 0 Å². The molecule has 0 atom stereocenters. The summed E-state index contributed by atoms with van der Waals surface area (Å²) in [5.74, 6) is 0.0190. The number of nitrogens with one attached hydrogen (secondary N) is 1. The van der Waals surface area contributed by atoms with Crippen LogP contribution in [0.25, 0.3) is 11.3 Å². The lowest BCUT2D eigenvalue weighted by Gasteiger charge is -2.12. The highest BCUT2D eigenvalue weighted by molar-refractivity contribution is 9.10. The molecule has 0 amide bonds. The van der Waals surface area contributed by atoms with Crippen LogP contribution in [0.2, 0.25) is 5.02 Å². The molecule has 1 N–H and O–H groups in total. The van der Waals surface area contributed by atoms with Gasteiger partial charge < -0.3 is 5.32 Å². The second kappa shape index (κ2) is 5.43. The van der Waals surface area contributed by atoms with E-state index < -0.39 is 5.82 Å². The maximum atomic E-state index is 14.2. The molecule has 0 unspecified atom stereocenters. The summed E-state index contributed by atoms with van der Waals surface area (Å²) in [6, 6.07) is 3.32. The van der Waals surface area contributed by atoms with E-state index in [1.165, 1.54) is 0 Å². The van der Waals surface area contributed by atoms with E-state index in [1.54, 1.807) is 19.2 Å². The van der Waals surface area contributed by atoms with Crippen molar-refractivity contribution in [2.24, 2.45) is 0 Å². The lowest BCUT2D eigenvalue weighted by molar-refractivity contribution is 0.630. The molecule has 0 saturated carbocycles. The fourth-order valence-electron chi connectivity index (χ4n) is 1.67. The number of rotatable bonds is 2. The molecule has 100 valence electrons. The molecule has 19 heavy (non-hydrogen) atoms. The summed E-state index contributed by atoms with van der Waals surface area (Å²) >= 11 is 9.10. The second-order valence-corrected chi connectivity index (χ2v) is 5.30. The van der Waals surface area contributed by atoms with Gasteiger partial charge in [0.25, 0.3) is 0 Å². The van der Waals surface area contributed by atoms with Crippen LogP contribution in [0.1, 0.15) is 11.4 Å². The van der Waals surface area contributed by atoms with Gasteiger partial charge in [0.1, 0.15) is 5.69 Å². The third kappa shape index (κ3) is 2.58. The first-order valence-electron chi connectivity index (χ1n) is 5.62. The van der Waals surface area contributed by atoms with E-state index in [2.05, 4.69) is 31.2 Å². The molecule has 1 aromatic carbocycles. The number of halogens is 3. The van der Waals surface area contributed by atoms with Crippen molar-refractivity contribution in [3.8, 4) is 11.3 Å². The van der Waals surface area contributed by atoms with Crippen LogP contribution in [0, 0.1) is 19.7 Å². The second-order valence-electron chi connectivity index (χ2n) is 4.06. The Labute approximate surface area is 124 Å². The minimum Gasteiger partial charge on any atom is -0.371 e. The van der Waals surface area contributed by atoms with Crippen molar-refractivity contribution in [3.05, 3.63) is 38.8 Å². The summed E-state index contributed by atoms with van der Waals surface area (Å²) in [4.78, 5) is 8.77. The van der Waals surface area contributed by atoms with Crippen LogP contribution in [-0.4, -0.2) is 17.0 Å².